The summed E-state index contributed by atoms with van der Waals surface area (Å²) in [5.74, 6) is 5.27. The van der Waals surface area contributed by atoms with Crippen molar-refractivity contribution in [1.29, 1.82) is 0 Å². The van der Waals surface area contributed by atoms with E-state index in [2.05, 4.69) is 10.3 Å². The van der Waals surface area contributed by atoms with Gasteiger partial charge in [0.1, 0.15) is 5.71 Å². The zero-order valence-corrected chi connectivity index (χ0v) is 8.54. The minimum absolute atomic E-state index is 0.444. The minimum atomic E-state index is 0.444. The van der Waals surface area contributed by atoms with Crippen LogP contribution in [0.25, 0.3) is 10.8 Å². The van der Waals surface area contributed by atoms with Crippen LogP contribution in [-0.2, 0) is 0 Å². The van der Waals surface area contributed by atoms with Gasteiger partial charge in [-0.1, -0.05) is 47.6 Å². The molecule has 0 aliphatic heterocycles. The number of rotatable bonds is 2. The predicted octanol–water partition coefficient (Wildman–Crippen LogP) is 1.96. The van der Waals surface area contributed by atoms with Crippen molar-refractivity contribution in [3.63, 3.8) is 0 Å². The van der Waals surface area contributed by atoms with E-state index in [4.69, 9.17) is 11.0 Å². The lowest BCUT2D eigenvalue weighted by molar-refractivity contribution is 0.322. The van der Waals surface area contributed by atoms with Crippen molar-refractivity contribution in [2.75, 3.05) is 0 Å². The molecule has 4 nitrogen and oxygen atoms in total. The van der Waals surface area contributed by atoms with E-state index >= 15 is 0 Å². The van der Waals surface area contributed by atoms with E-state index in [0.29, 0.717) is 5.71 Å². The molecule has 0 bridgehead atoms. The Balaban J connectivity index is 2.69. The maximum absolute atomic E-state index is 8.53. The van der Waals surface area contributed by atoms with Crippen LogP contribution in [0.3, 0.4) is 0 Å². The molecule has 0 unspecified atom stereocenters. The first-order valence-corrected chi connectivity index (χ1v) is 4.80. The van der Waals surface area contributed by atoms with Gasteiger partial charge < -0.3 is 11.0 Å². The summed E-state index contributed by atoms with van der Waals surface area (Å²) in [6.07, 6.45) is 1.22. The van der Waals surface area contributed by atoms with Crippen LogP contribution in [0.5, 0.6) is 0 Å². The molecule has 0 heterocycles. The summed E-state index contributed by atoms with van der Waals surface area (Å²) in [6, 6.07) is 13.7. The fourth-order valence-electron chi connectivity index (χ4n) is 1.68. The molecule has 2 rings (SSSR count). The third-order valence-corrected chi connectivity index (χ3v) is 2.38. The van der Waals surface area contributed by atoms with Gasteiger partial charge >= 0.3 is 0 Å². The average molecular weight is 213 g/mol. The number of nitrogens with zero attached hydrogens (tertiary/aromatic N) is 2. The van der Waals surface area contributed by atoms with Gasteiger partial charge in [0.05, 0.1) is 6.21 Å². The zero-order chi connectivity index (χ0) is 11.4. The number of fused-ring (bicyclic) bond motifs is 1. The third kappa shape index (κ3) is 1.72. The van der Waals surface area contributed by atoms with E-state index in [1.165, 1.54) is 6.21 Å². The van der Waals surface area contributed by atoms with Crippen molar-refractivity contribution < 1.29 is 5.21 Å². The minimum Gasteiger partial charge on any atom is -0.411 e. The van der Waals surface area contributed by atoms with Gasteiger partial charge in [0.2, 0.25) is 0 Å². The SMILES string of the molecule is N/N=C(\C=N\O)c1cccc2ccccc12. The van der Waals surface area contributed by atoms with Gasteiger partial charge in [0.15, 0.2) is 0 Å². The van der Waals surface area contributed by atoms with Crippen LogP contribution in [0.1, 0.15) is 5.56 Å². The Morgan fingerprint density at radius 1 is 1.12 bits per heavy atom. The van der Waals surface area contributed by atoms with Gasteiger partial charge in [-0.3, -0.25) is 0 Å². The number of hydrazone groups is 1. The van der Waals surface area contributed by atoms with E-state index < -0.39 is 0 Å². The highest BCUT2D eigenvalue weighted by molar-refractivity contribution is 6.40. The zero-order valence-electron chi connectivity index (χ0n) is 8.54. The van der Waals surface area contributed by atoms with Gasteiger partial charge in [-0.05, 0) is 10.8 Å². The lowest BCUT2D eigenvalue weighted by Crippen LogP contribution is -2.06. The molecule has 2 aromatic rings. The van der Waals surface area contributed by atoms with Crippen LogP contribution in [0.2, 0.25) is 0 Å². The molecule has 4 heteroatoms. The van der Waals surface area contributed by atoms with Crippen LogP contribution in [0.4, 0.5) is 0 Å². The van der Waals surface area contributed by atoms with Gasteiger partial charge in [-0.2, -0.15) is 5.10 Å². The van der Waals surface area contributed by atoms with Crippen molar-refractivity contribution >= 4 is 22.7 Å². The highest BCUT2D eigenvalue weighted by Gasteiger charge is 2.05. The summed E-state index contributed by atoms with van der Waals surface area (Å²) in [6.45, 7) is 0. The van der Waals surface area contributed by atoms with E-state index in [9.17, 15) is 0 Å². The van der Waals surface area contributed by atoms with E-state index in [0.717, 1.165) is 16.3 Å². The molecular formula is C12H11N3O. The third-order valence-electron chi connectivity index (χ3n) is 2.38. The first-order valence-electron chi connectivity index (χ1n) is 4.80. The summed E-state index contributed by atoms with van der Waals surface area (Å²) < 4.78 is 0. The molecule has 0 amide bonds. The molecule has 0 radical (unpaired) electrons. The van der Waals surface area contributed by atoms with Crippen LogP contribution in [-0.4, -0.2) is 17.1 Å². The highest BCUT2D eigenvalue weighted by Crippen LogP contribution is 2.18. The topological polar surface area (TPSA) is 71.0 Å². The second-order valence-electron chi connectivity index (χ2n) is 3.29. The fourth-order valence-corrected chi connectivity index (χ4v) is 1.68. The normalized spacial score (nSPS) is 12.4. The van der Waals surface area contributed by atoms with Gasteiger partial charge in [-0.15, -0.1) is 0 Å². The van der Waals surface area contributed by atoms with Gasteiger partial charge in [0.25, 0.3) is 0 Å². The summed E-state index contributed by atoms with van der Waals surface area (Å²) in [5, 5.41) is 17.2. The molecule has 0 saturated heterocycles. The van der Waals surface area contributed by atoms with Crippen LogP contribution in [0, 0.1) is 0 Å². The number of nitrogens with two attached hydrogens (primary N) is 1. The van der Waals surface area contributed by atoms with E-state index in [-0.39, 0.29) is 0 Å². The summed E-state index contributed by atoms with van der Waals surface area (Å²) in [5.41, 5.74) is 1.29. The molecule has 0 atom stereocenters. The van der Waals surface area contributed by atoms with Crippen LogP contribution in [0.15, 0.2) is 52.7 Å². The first kappa shape index (κ1) is 10.2. The Kier molecular flexibility index (Phi) is 2.82. The van der Waals surface area contributed by atoms with Crippen LogP contribution >= 0.6 is 0 Å². The molecule has 0 aliphatic carbocycles. The van der Waals surface area contributed by atoms with E-state index in [1.807, 2.05) is 42.5 Å². The molecular weight excluding hydrogens is 202 g/mol. The number of oxime groups is 1. The van der Waals surface area contributed by atoms with Gasteiger partial charge in [0, 0.05) is 5.56 Å². The first-order chi connectivity index (χ1) is 7.86. The highest BCUT2D eigenvalue weighted by atomic mass is 16.4. The molecule has 0 aliphatic rings. The smallest absolute Gasteiger partial charge is 0.112 e. The molecule has 0 aromatic heterocycles. The Morgan fingerprint density at radius 3 is 2.62 bits per heavy atom. The number of hydrogen-bond acceptors (Lipinski definition) is 4. The monoisotopic (exact) mass is 213 g/mol. The van der Waals surface area contributed by atoms with Crippen molar-refractivity contribution in [2.45, 2.75) is 0 Å². The second kappa shape index (κ2) is 4.44. The average Bonchev–Trinajstić information content (AvgIpc) is 2.35. The number of benzene rings is 2. The molecule has 2 aromatic carbocycles. The maximum atomic E-state index is 8.53. The molecule has 3 N–H and O–H groups in total. The number of hydrogen-bond donors (Lipinski definition) is 2. The van der Waals surface area contributed by atoms with Crippen molar-refractivity contribution in [2.24, 2.45) is 16.1 Å². The summed E-state index contributed by atoms with van der Waals surface area (Å²) >= 11 is 0. The fraction of sp³-hybridized carbons (Fsp3) is 0. The molecule has 0 fully saturated rings. The lowest BCUT2D eigenvalue weighted by atomic mass is 10.0. The maximum Gasteiger partial charge on any atom is 0.112 e. The van der Waals surface area contributed by atoms with Gasteiger partial charge in [-0.25, -0.2) is 0 Å². The van der Waals surface area contributed by atoms with Crippen molar-refractivity contribution in [1.82, 2.24) is 0 Å². The Hall–Kier alpha value is -2.36. The molecule has 0 spiro atoms. The largest absolute Gasteiger partial charge is 0.411 e. The molecule has 16 heavy (non-hydrogen) atoms. The summed E-state index contributed by atoms with van der Waals surface area (Å²) in [7, 11) is 0. The lowest BCUT2D eigenvalue weighted by Gasteiger charge is -2.04. The van der Waals surface area contributed by atoms with Crippen molar-refractivity contribution in [3.05, 3.63) is 48.0 Å². The summed E-state index contributed by atoms with van der Waals surface area (Å²) in [4.78, 5) is 0. The van der Waals surface area contributed by atoms with E-state index in [1.54, 1.807) is 0 Å². The predicted molar refractivity (Wildman–Crippen MR) is 65.0 cm³/mol. The second-order valence-corrected chi connectivity index (χ2v) is 3.29. The molecule has 80 valence electrons. The Morgan fingerprint density at radius 2 is 1.88 bits per heavy atom. The Labute approximate surface area is 92.7 Å². The Bertz CT molecular complexity index is 556. The van der Waals surface area contributed by atoms with Crippen molar-refractivity contribution in [3.8, 4) is 0 Å². The van der Waals surface area contributed by atoms with Crippen LogP contribution < -0.4 is 5.84 Å². The quantitative estimate of drug-likeness (QED) is 0.346. The standard InChI is InChI=1S/C12H11N3O/c13-15-12(8-14-16)11-7-3-5-9-4-1-2-6-10(9)11/h1-8,16H,13H2/b14-8+,15-12+. The molecule has 0 saturated carbocycles.